The summed E-state index contributed by atoms with van der Waals surface area (Å²) in [6.07, 6.45) is -5.72. The van der Waals surface area contributed by atoms with Crippen LogP contribution < -0.4 is 9.04 Å². The summed E-state index contributed by atoms with van der Waals surface area (Å²) in [6.45, 7) is 1.67. The van der Waals surface area contributed by atoms with E-state index in [1.54, 1.807) is 18.2 Å². The van der Waals surface area contributed by atoms with Gasteiger partial charge in [0.05, 0.1) is 22.7 Å². The van der Waals surface area contributed by atoms with E-state index in [4.69, 9.17) is 9.84 Å². The van der Waals surface area contributed by atoms with E-state index in [2.05, 4.69) is 0 Å². The Labute approximate surface area is 200 Å². The Morgan fingerprint density at radius 3 is 2.51 bits per heavy atom. The molecule has 0 radical (unpaired) electrons. The Morgan fingerprint density at radius 2 is 1.83 bits per heavy atom. The first-order chi connectivity index (χ1) is 16.5. The molecule has 1 aliphatic heterocycles. The number of alkyl halides is 3. The van der Waals surface area contributed by atoms with Crippen LogP contribution in [0, 0.1) is 6.92 Å². The van der Waals surface area contributed by atoms with Crippen LogP contribution in [0.25, 0.3) is 11.1 Å². The lowest BCUT2D eigenvalue weighted by Gasteiger charge is -2.36. The zero-order chi connectivity index (χ0) is 25.4. The molecule has 35 heavy (non-hydrogen) atoms. The summed E-state index contributed by atoms with van der Waals surface area (Å²) in [7, 11) is -4.43. The van der Waals surface area contributed by atoms with Gasteiger partial charge in [0, 0.05) is 6.42 Å². The smallest absolute Gasteiger partial charge is 0.416 e. The van der Waals surface area contributed by atoms with Crippen LogP contribution in [0.4, 0.5) is 18.9 Å². The molecule has 4 rings (SSSR count). The number of halogens is 3. The molecule has 0 spiro atoms. The number of hydrogen-bond donors (Lipinski definition) is 1. The fraction of sp³-hybridized carbons (Fsp3) is 0.240. The second-order valence-electron chi connectivity index (χ2n) is 8.23. The van der Waals surface area contributed by atoms with Gasteiger partial charge in [-0.3, -0.25) is 9.10 Å². The largest absolute Gasteiger partial charge is 0.486 e. The standard InChI is InChI=1S/C25H22F3NO5S/c1-16-5-2-3-8-21(16)17-9-11-23-22(13-17)29(15-19(34-23)10-12-24(30)31)35(32,33)20-7-4-6-18(14-20)25(26,27)28/h2-9,11,13-14,19H,10,12,15H2,1H3,(H,30,31)/t19-/m0/s1. The summed E-state index contributed by atoms with van der Waals surface area (Å²) in [5.41, 5.74) is 1.62. The second kappa shape index (κ2) is 9.26. The lowest BCUT2D eigenvalue weighted by molar-refractivity contribution is -0.138. The lowest BCUT2D eigenvalue weighted by atomic mass is 9.99. The van der Waals surface area contributed by atoms with E-state index in [1.165, 1.54) is 0 Å². The topological polar surface area (TPSA) is 83.9 Å². The van der Waals surface area contributed by atoms with E-state index in [-0.39, 0.29) is 30.8 Å². The minimum Gasteiger partial charge on any atom is -0.486 e. The molecule has 0 amide bonds. The van der Waals surface area contributed by atoms with Gasteiger partial charge in [-0.1, -0.05) is 36.4 Å². The normalized spacial score (nSPS) is 15.9. The number of rotatable bonds is 6. The highest BCUT2D eigenvalue weighted by Crippen LogP contribution is 2.41. The lowest BCUT2D eigenvalue weighted by Crippen LogP contribution is -2.43. The Bertz CT molecular complexity index is 1370. The summed E-state index contributed by atoms with van der Waals surface area (Å²) >= 11 is 0. The SMILES string of the molecule is Cc1ccccc1-c1ccc2c(c1)N(S(=O)(=O)c1cccc(C(F)(F)F)c1)C[C@H](CCC(=O)O)O2. The number of benzene rings is 3. The van der Waals surface area contributed by atoms with Crippen molar-refractivity contribution in [3.8, 4) is 16.9 Å². The number of sulfonamides is 1. The molecule has 1 atom stereocenters. The summed E-state index contributed by atoms with van der Waals surface area (Å²) in [4.78, 5) is 10.5. The van der Waals surface area contributed by atoms with Crippen molar-refractivity contribution in [1.29, 1.82) is 0 Å². The second-order valence-corrected chi connectivity index (χ2v) is 10.1. The molecule has 0 saturated carbocycles. The molecule has 1 heterocycles. The highest BCUT2D eigenvalue weighted by atomic mass is 32.2. The average Bonchev–Trinajstić information content (AvgIpc) is 2.81. The third-order valence-corrected chi connectivity index (χ3v) is 7.55. The number of hydrogen-bond acceptors (Lipinski definition) is 4. The molecule has 6 nitrogen and oxygen atoms in total. The first kappa shape index (κ1) is 24.6. The van der Waals surface area contributed by atoms with E-state index in [1.807, 2.05) is 31.2 Å². The molecule has 3 aromatic rings. The van der Waals surface area contributed by atoms with Crippen LogP contribution in [0.1, 0.15) is 24.0 Å². The van der Waals surface area contributed by atoms with E-state index >= 15 is 0 Å². The molecule has 0 bridgehead atoms. The van der Waals surface area contributed by atoms with Crippen molar-refractivity contribution in [2.24, 2.45) is 0 Å². The summed E-state index contributed by atoms with van der Waals surface area (Å²) in [5.74, 6) is -0.860. The first-order valence-corrected chi connectivity index (χ1v) is 12.2. The Kier molecular flexibility index (Phi) is 6.50. The number of carbonyl (C=O) groups is 1. The van der Waals surface area contributed by atoms with Crippen molar-refractivity contribution in [2.45, 2.75) is 36.9 Å². The van der Waals surface area contributed by atoms with Gasteiger partial charge in [-0.2, -0.15) is 13.2 Å². The number of aryl methyl sites for hydroxylation is 1. The number of aliphatic carboxylic acids is 1. The fourth-order valence-electron chi connectivity index (χ4n) is 4.00. The van der Waals surface area contributed by atoms with Crippen molar-refractivity contribution in [3.63, 3.8) is 0 Å². The van der Waals surface area contributed by atoms with Crippen LogP contribution >= 0.6 is 0 Å². The maximum atomic E-state index is 13.6. The van der Waals surface area contributed by atoms with Crippen LogP contribution in [0.3, 0.4) is 0 Å². The van der Waals surface area contributed by atoms with Crippen LogP contribution in [0.2, 0.25) is 0 Å². The van der Waals surface area contributed by atoms with Gasteiger partial charge in [0.15, 0.2) is 0 Å². The van der Waals surface area contributed by atoms with Crippen LogP contribution in [-0.2, 0) is 21.0 Å². The molecule has 184 valence electrons. The number of fused-ring (bicyclic) bond motifs is 1. The van der Waals surface area contributed by atoms with Gasteiger partial charge in [0.1, 0.15) is 11.9 Å². The molecular formula is C25H22F3NO5S. The van der Waals surface area contributed by atoms with Crippen LogP contribution in [0.15, 0.2) is 71.6 Å². The monoisotopic (exact) mass is 505 g/mol. The summed E-state index contributed by atoms with van der Waals surface area (Å²) in [5, 5.41) is 9.04. The molecule has 3 aromatic carbocycles. The number of carboxylic acids is 1. The van der Waals surface area contributed by atoms with E-state index in [0.717, 1.165) is 33.6 Å². The molecule has 10 heteroatoms. The molecule has 0 fully saturated rings. The molecule has 0 saturated heterocycles. The van der Waals surface area contributed by atoms with Gasteiger partial charge in [0.25, 0.3) is 10.0 Å². The minimum atomic E-state index is -4.71. The predicted molar refractivity (Wildman–Crippen MR) is 124 cm³/mol. The number of anilines is 1. The van der Waals surface area contributed by atoms with E-state index < -0.39 is 38.7 Å². The fourth-order valence-corrected chi connectivity index (χ4v) is 5.54. The van der Waals surface area contributed by atoms with Crippen LogP contribution in [-0.4, -0.2) is 32.1 Å². The highest BCUT2D eigenvalue weighted by molar-refractivity contribution is 7.92. The van der Waals surface area contributed by atoms with Crippen LogP contribution in [0.5, 0.6) is 5.75 Å². The number of ether oxygens (including phenoxy) is 1. The third-order valence-electron chi connectivity index (χ3n) is 5.78. The number of nitrogens with zero attached hydrogens (tertiary/aromatic N) is 1. The van der Waals surface area contributed by atoms with Crippen molar-refractivity contribution in [1.82, 2.24) is 0 Å². The van der Waals surface area contributed by atoms with E-state index in [9.17, 15) is 26.4 Å². The van der Waals surface area contributed by atoms with Gasteiger partial charge < -0.3 is 9.84 Å². The van der Waals surface area contributed by atoms with Gasteiger partial charge in [-0.15, -0.1) is 0 Å². The maximum absolute atomic E-state index is 13.6. The Morgan fingerprint density at radius 1 is 1.09 bits per heavy atom. The van der Waals surface area contributed by atoms with Gasteiger partial charge in [0.2, 0.25) is 0 Å². The zero-order valence-electron chi connectivity index (χ0n) is 18.6. The Balaban J connectivity index is 1.82. The molecular weight excluding hydrogens is 483 g/mol. The quantitative estimate of drug-likeness (QED) is 0.478. The number of carboxylic acid groups (broad SMARTS) is 1. The maximum Gasteiger partial charge on any atom is 0.416 e. The van der Waals surface area contributed by atoms with Crippen molar-refractivity contribution in [2.75, 3.05) is 10.8 Å². The molecule has 1 aliphatic rings. The van der Waals surface area contributed by atoms with Gasteiger partial charge in [-0.05, 0) is 60.4 Å². The summed E-state index contributed by atoms with van der Waals surface area (Å²) in [6, 6.07) is 16.0. The minimum absolute atomic E-state index is 0.0307. The van der Waals surface area contributed by atoms with Crippen molar-refractivity contribution in [3.05, 3.63) is 77.9 Å². The van der Waals surface area contributed by atoms with E-state index in [0.29, 0.717) is 11.6 Å². The molecule has 0 aliphatic carbocycles. The molecule has 0 aromatic heterocycles. The average molecular weight is 506 g/mol. The Hall–Kier alpha value is -3.53. The molecule has 1 N–H and O–H groups in total. The predicted octanol–water partition coefficient (Wildman–Crippen LogP) is 5.50. The van der Waals surface area contributed by atoms with Crippen molar-refractivity contribution < 1.29 is 36.2 Å². The summed E-state index contributed by atoms with van der Waals surface area (Å²) < 4.78 is 73.9. The van der Waals surface area contributed by atoms with Crippen molar-refractivity contribution >= 4 is 21.7 Å². The van der Waals surface area contributed by atoms with Gasteiger partial charge in [-0.25, -0.2) is 8.42 Å². The zero-order valence-corrected chi connectivity index (χ0v) is 19.4. The first-order valence-electron chi connectivity index (χ1n) is 10.8. The van der Waals surface area contributed by atoms with Gasteiger partial charge >= 0.3 is 12.1 Å². The third kappa shape index (κ3) is 5.12. The highest BCUT2D eigenvalue weighted by Gasteiger charge is 2.37. The molecule has 0 unspecified atom stereocenters.